The molecule has 2 rings (SSSR count). The predicted molar refractivity (Wildman–Crippen MR) is 68.8 cm³/mol. The van der Waals surface area contributed by atoms with Crippen LogP contribution in [-0.4, -0.2) is 33.9 Å². The van der Waals surface area contributed by atoms with E-state index in [0.717, 1.165) is 6.07 Å². The summed E-state index contributed by atoms with van der Waals surface area (Å²) in [6.07, 6.45) is 0.699. The number of anilines is 1. The highest BCUT2D eigenvalue weighted by molar-refractivity contribution is 5.62. The standard InChI is InChI=1S/C12H15F2N5O/c1-3-7(6-20-2)19-12(16-17-18-19)8-4-11(15)10(14)5-9(8)13/h4-5,7H,3,6,15H2,1-2H3. The number of nitrogen functional groups attached to an aromatic ring is 1. The van der Waals surface area contributed by atoms with Gasteiger partial charge in [0.15, 0.2) is 5.82 Å². The summed E-state index contributed by atoms with van der Waals surface area (Å²) in [5.41, 5.74) is 5.37. The molecule has 0 spiro atoms. The van der Waals surface area contributed by atoms with Crippen LogP contribution >= 0.6 is 0 Å². The van der Waals surface area contributed by atoms with Gasteiger partial charge in [0, 0.05) is 13.2 Å². The summed E-state index contributed by atoms with van der Waals surface area (Å²) in [5.74, 6) is -1.38. The van der Waals surface area contributed by atoms with Crippen molar-refractivity contribution in [3.8, 4) is 11.4 Å². The second kappa shape index (κ2) is 5.91. The fourth-order valence-corrected chi connectivity index (χ4v) is 1.91. The zero-order valence-corrected chi connectivity index (χ0v) is 11.2. The molecular formula is C12H15F2N5O. The van der Waals surface area contributed by atoms with Crippen LogP contribution < -0.4 is 5.73 Å². The summed E-state index contributed by atoms with van der Waals surface area (Å²) in [7, 11) is 1.56. The number of tetrazole rings is 1. The van der Waals surface area contributed by atoms with Crippen LogP contribution in [0.5, 0.6) is 0 Å². The van der Waals surface area contributed by atoms with Gasteiger partial charge in [0.2, 0.25) is 0 Å². The first kappa shape index (κ1) is 14.3. The molecule has 2 N–H and O–H groups in total. The number of hydrogen-bond acceptors (Lipinski definition) is 5. The van der Waals surface area contributed by atoms with Crippen molar-refractivity contribution in [2.45, 2.75) is 19.4 Å². The van der Waals surface area contributed by atoms with Crippen LogP contribution in [0.15, 0.2) is 12.1 Å². The molecule has 0 aliphatic rings. The molecule has 0 aliphatic carbocycles. The number of benzene rings is 1. The lowest BCUT2D eigenvalue weighted by Gasteiger charge is -2.15. The zero-order valence-electron chi connectivity index (χ0n) is 11.2. The number of aromatic nitrogens is 4. The van der Waals surface area contributed by atoms with E-state index in [1.807, 2.05) is 6.92 Å². The lowest BCUT2D eigenvalue weighted by atomic mass is 10.1. The average molecular weight is 283 g/mol. The third-order valence-corrected chi connectivity index (χ3v) is 3.00. The quantitative estimate of drug-likeness (QED) is 0.846. The van der Waals surface area contributed by atoms with Crippen LogP contribution in [0.25, 0.3) is 11.4 Å². The van der Waals surface area contributed by atoms with Gasteiger partial charge < -0.3 is 10.5 Å². The number of ether oxygens (including phenoxy) is 1. The van der Waals surface area contributed by atoms with Crippen LogP contribution in [0.3, 0.4) is 0 Å². The highest BCUT2D eigenvalue weighted by atomic mass is 19.1. The summed E-state index contributed by atoms with van der Waals surface area (Å²) in [6.45, 7) is 2.32. The van der Waals surface area contributed by atoms with Gasteiger partial charge in [-0.15, -0.1) is 5.10 Å². The number of nitrogens with two attached hydrogens (primary N) is 1. The second-order valence-corrected chi connectivity index (χ2v) is 4.32. The molecule has 0 aliphatic heterocycles. The minimum atomic E-state index is -0.811. The van der Waals surface area contributed by atoms with E-state index in [1.165, 1.54) is 10.7 Å². The van der Waals surface area contributed by atoms with Crippen molar-refractivity contribution in [2.24, 2.45) is 0 Å². The predicted octanol–water partition coefficient (Wildman–Crippen LogP) is 1.80. The maximum atomic E-state index is 13.9. The van der Waals surface area contributed by atoms with Gasteiger partial charge in [-0.3, -0.25) is 0 Å². The molecule has 108 valence electrons. The fraction of sp³-hybridized carbons (Fsp3) is 0.417. The molecule has 1 unspecified atom stereocenters. The Hall–Kier alpha value is -2.09. The lowest BCUT2D eigenvalue weighted by molar-refractivity contribution is 0.147. The summed E-state index contributed by atoms with van der Waals surface area (Å²) in [6, 6.07) is 1.77. The maximum absolute atomic E-state index is 13.9. The van der Waals surface area contributed by atoms with E-state index >= 15 is 0 Å². The van der Waals surface area contributed by atoms with Crippen LogP contribution in [0.2, 0.25) is 0 Å². The molecule has 1 aromatic heterocycles. The largest absolute Gasteiger partial charge is 0.396 e. The van der Waals surface area contributed by atoms with Gasteiger partial charge >= 0.3 is 0 Å². The van der Waals surface area contributed by atoms with Gasteiger partial charge in [-0.1, -0.05) is 6.92 Å². The van der Waals surface area contributed by atoms with Crippen molar-refractivity contribution in [1.29, 1.82) is 0 Å². The highest BCUT2D eigenvalue weighted by Gasteiger charge is 2.20. The van der Waals surface area contributed by atoms with Crippen LogP contribution in [0.1, 0.15) is 19.4 Å². The van der Waals surface area contributed by atoms with Crippen LogP contribution in [-0.2, 0) is 4.74 Å². The maximum Gasteiger partial charge on any atom is 0.185 e. The SMILES string of the molecule is CCC(COC)n1nnnc1-c1cc(N)c(F)cc1F. The third-order valence-electron chi connectivity index (χ3n) is 3.00. The molecule has 1 atom stereocenters. The van der Waals surface area contributed by atoms with Gasteiger partial charge in [0.05, 0.1) is 23.9 Å². The van der Waals surface area contributed by atoms with Gasteiger partial charge in [-0.25, -0.2) is 13.5 Å². The number of methoxy groups -OCH3 is 1. The first-order valence-electron chi connectivity index (χ1n) is 6.10. The third kappa shape index (κ3) is 2.60. The molecule has 0 radical (unpaired) electrons. The molecule has 20 heavy (non-hydrogen) atoms. The van der Waals surface area contributed by atoms with Gasteiger partial charge in [0.1, 0.15) is 11.6 Å². The van der Waals surface area contributed by atoms with E-state index in [-0.39, 0.29) is 23.1 Å². The van der Waals surface area contributed by atoms with Crippen molar-refractivity contribution in [3.63, 3.8) is 0 Å². The van der Waals surface area contributed by atoms with E-state index in [0.29, 0.717) is 13.0 Å². The van der Waals surface area contributed by atoms with Crippen LogP contribution in [0.4, 0.5) is 14.5 Å². The fourth-order valence-electron chi connectivity index (χ4n) is 1.91. The van der Waals surface area contributed by atoms with Gasteiger partial charge in [0.25, 0.3) is 0 Å². The number of rotatable bonds is 5. The summed E-state index contributed by atoms with van der Waals surface area (Å²) in [5, 5.41) is 11.2. The molecule has 8 heteroatoms. The minimum absolute atomic E-state index is 0.0588. The molecule has 0 saturated carbocycles. The Morgan fingerprint density at radius 2 is 2.10 bits per heavy atom. The van der Waals surface area contributed by atoms with Crippen molar-refractivity contribution >= 4 is 5.69 Å². The first-order chi connectivity index (χ1) is 9.58. The summed E-state index contributed by atoms with van der Waals surface area (Å²) < 4.78 is 33.6. The molecule has 1 aromatic carbocycles. The molecular weight excluding hydrogens is 268 g/mol. The minimum Gasteiger partial charge on any atom is -0.396 e. The Morgan fingerprint density at radius 3 is 2.75 bits per heavy atom. The molecule has 6 nitrogen and oxygen atoms in total. The molecule has 0 saturated heterocycles. The normalized spacial score (nSPS) is 12.6. The van der Waals surface area contributed by atoms with E-state index in [1.54, 1.807) is 7.11 Å². The summed E-state index contributed by atoms with van der Waals surface area (Å²) >= 11 is 0. The van der Waals surface area contributed by atoms with E-state index in [9.17, 15) is 8.78 Å². The topological polar surface area (TPSA) is 78.8 Å². The van der Waals surface area contributed by atoms with Crippen molar-refractivity contribution in [3.05, 3.63) is 23.8 Å². The second-order valence-electron chi connectivity index (χ2n) is 4.32. The van der Waals surface area contributed by atoms with E-state index < -0.39 is 11.6 Å². The first-order valence-corrected chi connectivity index (χ1v) is 6.10. The highest BCUT2D eigenvalue weighted by Crippen LogP contribution is 2.27. The van der Waals surface area contributed by atoms with Crippen molar-refractivity contribution in [1.82, 2.24) is 20.2 Å². The van der Waals surface area contributed by atoms with Crippen LogP contribution in [0, 0.1) is 11.6 Å². The van der Waals surface area contributed by atoms with E-state index in [4.69, 9.17) is 10.5 Å². The monoisotopic (exact) mass is 283 g/mol. The number of hydrogen-bond donors (Lipinski definition) is 1. The summed E-state index contributed by atoms with van der Waals surface area (Å²) in [4.78, 5) is 0. The number of halogens is 2. The molecule has 0 bridgehead atoms. The van der Waals surface area contributed by atoms with Gasteiger partial charge in [-0.2, -0.15) is 0 Å². The molecule has 2 aromatic rings. The Labute approximate surface area is 114 Å². The molecule has 0 amide bonds. The Bertz CT molecular complexity index is 602. The zero-order chi connectivity index (χ0) is 14.7. The Balaban J connectivity index is 2.49. The Kier molecular flexibility index (Phi) is 4.23. The smallest absolute Gasteiger partial charge is 0.185 e. The van der Waals surface area contributed by atoms with Crippen molar-refractivity contribution < 1.29 is 13.5 Å². The van der Waals surface area contributed by atoms with Crippen molar-refractivity contribution in [2.75, 3.05) is 19.5 Å². The average Bonchev–Trinajstić information content (AvgIpc) is 2.89. The Morgan fingerprint density at radius 1 is 1.35 bits per heavy atom. The van der Waals surface area contributed by atoms with Gasteiger partial charge in [-0.05, 0) is 22.9 Å². The lowest BCUT2D eigenvalue weighted by Crippen LogP contribution is -2.17. The van der Waals surface area contributed by atoms with E-state index in [2.05, 4.69) is 15.5 Å². The molecule has 1 heterocycles. The number of nitrogens with zero attached hydrogens (tertiary/aromatic N) is 4. The molecule has 0 fully saturated rings.